The fourth-order valence-corrected chi connectivity index (χ4v) is 4.61. The lowest BCUT2D eigenvalue weighted by molar-refractivity contribution is -0.122. The first-order valence-electron chi connectivity index (χ1n) is 7.97. The molecule has 1 heterocycles. The topological polar surface area (TPSA) is 66.5 Å². The Balaban J connectivity index is 1.55. The van der Waals surface area contributed by atoms with Gasteiger partial charge in [-0.3, -0.25) is 4.79 Å². The number of amides is 1. The Labute approximate surface area is 140 Å². The molecule has 3 rings (SSSR count). The molecule has 1 aromatic rings. The molecule has 5 nitrogen and oxygen atoms in total. The van der Waals surface area contributed by atoms with E-state index in [1.54, 1.807) is 0 Å². The number of carbonyl (C=O) groups is 1. The van der Waals surface area contributed by atoms with Crippen molar-refractivity contribution < 1.29 is 22.0 Å². The Kier molecular flexibility index (Phi) is 4.61. The van der Waals surface area contributed by atoms with E-state index in [0.29, 0.717) is 24.9 Å². The van der Waals surface area contributed by atoms with Gasteiger partial charge in [-0.15, -0.1) is 0 Å². The molecule has 8 heteroatoms. The molecule has 24 heavy (non-hydrogen) atoms. The zero-order valence-corrected chi connectivity index (χ0v) is 14.2. The van der Waals surface area contributed by atoms with Gasteiger partial charge in [0, 0.05) is 31.1 Å². The lowest BCUT2D eigenvalue weighted by Crippen LogP contribution is -2.43. The van der Waals surface area contributed by atoms with Crippen LogP contribution in [0.15, 0.2) is 18.2 Å². The summed E-state index contributed by atoms with van der Waals surface area (Å²) in [5.74, 6) is -2.04. The van der Waals surface area contributed by atoms with E-state index in [4.69, 9.17) is 0 Å². The molecule has 1 amide bonds. The fraction of sp³-hybridized carbons (Fsp3) is 0.562. The van der Waals surface area contributed by atoms with Crippen LogP contribution in [0.3, 0.4) is 0 Å². The molecule has 3 atom stereocenters. The van der Waals surface area contributed by atoms with Gasteiger partial charge in [-0.2, -0.15) is 4.31 Å². The zero-order valence-electron chi connectivity index (χ0n) is 13.3. The molecule has 1 saturated heterocycles. The van der Waals surface area contributed by atoms with E-state index in [0.717, 1.165) is 12.5 Å². The molecule has 2 aliphatic rings. The van der Waals surface area contributed by atoms with Crippen LogP contribution < -0.4 is 5.32 Å². The Morgan fingerprint density at radius 3 is 2.79 bits per heavy atom. The van der Waals surface area contributed by atoms with Crippen molar-refractivity contribution in [2.45, 2.75) is 31.2 Å². The highest BCUT2D eigenvalue weighted by Crippen LogP contribution is 2.48. The van der Waals surface area contributed by atoms with Gasteiger partial charge in [-0.25, -0.2) is 17.2 Å². The first kappa shape index (κ1) is 17.3. The van der Waals surface area contributed by atoms with Gasteiger partial charge in [-0.05, 0) is 36.8 Å². The second-order valence-corrected chi connectivity index (χ2v) is 8.46. The Morgan fingerprint density at radius 1 is 1.38 bits per heavy atom. The van der Waals surface area contributed by atoms with Crippen LogP contribution >= 0.6 is 0 Å². The van der Waals surface area contributed by atoms with Gasteiger partial charge in [-0.1, -0.05) is 6.07 Å². The van der Waals surface area contributed by atoms with Crippen LogP contribution in [0.25, 0.3) is 0 Å². The normalized spacial score (nSPS) is 27.2. The molecule has 0 aromatic heterocycles. The summed E-state index contributed by atoms with van der Waals surface area (Å²) in [7, 11) is -3.27. The summed E-state index contributed by atoms with van der Waals surface area (Å²) in [6.45, 7) is 0.743. The summed E-state index contributed by atoms with van der Waals surface area (Å²) < 4.78 is 51.5. The SMILES string of the molecule is CS(=O)(=O)N1CCC[C@@H]1CNC(=O)C1CC1c1ccc(F)cc1F. The van der Waals surface area contributed by atoms with Crippen LogP contribution in [0, 0.1) is 17.6 Å². The molecular formula is C16H20F2N2O3S. The smallest absolute Gasteiger partial charge is 0.223 e. The minimum Gasteiger partial charge on any atom is -0.354 e. The summed E-state index contributed by atoms with van der Waals surface area (Å²) in [5.41, 5.74) is 0.357. The Hall–Kier alpha value is -1.54. The molecule has 0 spiro atoms. The molecule has 0 bridgehead atoms. The number of hydrogen-bond donors (Lipinski definition) is 1. The minimum absolute atomic E-state index is 0.205. The standard InChI is InChI=1S/C16H20F2N2O3S/c1-24(22,23)20-6-2-3-11(20)9-19-16(21)14-8-13(14)12-5-4-10(17)7-15(12)18/h4-5,7,11,13-14H,2-3,6,8-9H2,1H3,(H,19,21)/t11-,13?,14?/m1/s1. The maximum Gasteiger partial charge on any atom is 0.223 e. The van der Waals surface area contributed by atoms with Gasteiger partial charge in [0.1, 0.15) is 11.6 Å². The molecule has 132 valence electrons. The molecule has 1 saturated carbocycles. The first-order valence-corrected chi connectivity index (χ1v) is 9.81. The third kappa shape index (κ3) is 3.59. The van der Waals surface area contributed by atoms with Crippen molar-refractivity contribution in [3.05, 3.63) is 35.4 Å². The highest BCUT2D eigenvalue weighted by atomic mass is 32.2. The summed E-state index contributed by atoms with van der Waals surface area (Å²) in [5, 5.41) is 2.78. The Bertz CT molecular complexity index is 754. The van der Waals surface area contributed by atoms with Crippen LogP contribution in [0.2, 0.25) is 0 Å². The van der Waals surface area contributed by atoms with E-state index in [1.807, 2.05) is 0 Å². The summed E-state index contributed by atoms with van der Waals surface area (Å²) in [4.78, 5) is 12.2. The number of rotatable bonds is 5. The van der Waals surface area contributed by atoms with Gasteiger partial charge >= 0.3 is 0 Å². The van der Waals surface area contributed by atoms with Crippen LogP contribution in [0.1, 0.15) is 30.7 Å². The maximum atomic E-state index is 13.7. The first-order chi connectivity index (χ1) is 11.3. The second-order valence-electron chi connectivity index (χ2n) is 6.53. The van der Waals surface area contributed by atoms with E-state index < -0.39 is 21.7 Å². The van der Waals surface area contributed by atoms with E-state index >= 15 is 0 Å². The van der Waals surface area contributed by atoms with Gasteiger partial charge in [0.25, 0.3) is 0 Å². The number of benzene rings is 1. The van der Waals surface area contributed by atoms with Crippen LogP contribution in [0.5, 0.6) is 0 Å². The summed E-state index contributed by atoms with van der Waals surface area (Å²) in [6.07, 6.45) is 3.19. The van der Waals surface area contributed by atoms with Crippen molar-refractivity contribution in [1.82, 2.24) is 9.62 Å². The number of sulfonamides is 1. The molecule has 1 aliphatic carbocycles. The maximum absolute atomic E-state index is 13.7. The fourth-order valence-electron chi connectivity index (χ4n) is 3.43. The van der Waals surface area contributed by atoms with Gasteiger partial charge in [0.2, 0.25) is 15.9 Å². The third-order valence-corrected chi connectivity index (χ3v) is 6.08. The molecule has 1 aliphatic heterocycles. The highest BCUT2D eigenvalue weighted by Gasteiger charge is 2.45. The van der Waals surface area contributed by atoms with E-state index in [2.05, 4.69) is 5.32 Å². The molecule has 1 N–H and O–H groups in total. The lowest BCUT2D eigenvalue weighted by Gasteiger charge is -2.22. The van der Waals surface area contributed by atoms with E-state index in [1.165, 1.54) is 22.7 Å². The largest absolute Gasteiger partial charge is 0.354 e. The van der Waals surface area contributed by atoms with Gasteiger partial charge < -0.3 is 5.32 Å². The predicted octanol–water partition coefficient (Wildman–Crippen LogP) is 1.61. The van der Waals surface area contributed by atoms with Gasteiger partial charge in [0.15, 0.2) is 0 Å². The van der Waals surface area contributed by atoms with Crippen LogP contribution in [-0.2, 0) is 14.8 Å². The van der Waals surface area contributed by atoms with E-state index in [-0.39, 0.29) is 30.3 Å². The van der Waals surface area contributed by atoms with Crippen molar-refractivity contribution in [2.75, 3.05) is 19.3 Å². The average Bonchev–Trinajstić information content (AvgIpc) is 3.11. The molecule has 2 fully saturated rings. The highest BCUT2D eigenvalue weighted by molar-refractivity contribution is 7.88. The van der Waals surface area contributed by atoms with Crippen molar-refractivity contribution in [3.63, 3.8) is 0 Å². The van der Waals surface area contributed by atoms with Crippen LogP contribution in [0.4, 0.5) is 8.78 Å². The summed E-state index contributed by atoms with van der Waals surface area (Å²) in [6, 6.07) is 3.17. The van der Waals surface area contributed by atoms with Crippen LogP contribution in [-0.4, -0.2) is 44.0 Å². The quantitative estimate of drug-likeness (QED) is 0.870. The van der Waals surface area contributed by atoms with Crippen molar-refractivity contribution >= 4 is 15.9 Å². The van der Waals surface area contributed by atoms with E-state index in [9.17, 15) is 22.0 Å². The molecule has 0 radical (unpaired) electrons. The number of carbonyl (C=O) groups excluding carboxylic acids is 1. The van der Waals surface area contributed by atoms with Crippen molar-refractivity contribution in [3.8, 4) is 0 Å². The number of nitrogens with one attached hydrogen (secondary N) is 1. The molecule has 2 unspecified atom stereocenters. The van der Waals surface area contributed by atoms with Crippen molar-refractivity contribution in [2.24, 2.45) is 5.92 Å². The Morgan fingerprint density at radius 2 is 2.12 bits per heavy atom. The molecular weight excluding hydrogens is 338 g/mol. The second kappa shape index (κ2) is 6.40. The zero-order chi connectivity index (χ0) is 17.5. The number of nitrogens with zero attached hydrogens (tertiary/aromatic N) is 1. The summed E-state index contributed by atoms with van der Waals surface area (Å²) >= 11 is 0. The molecule has 1 aromatic carbocycles. The lowest BCUT2D eigenvalue weighted by atomic mass is 10.1. The number of hydrogen-bond acceptors (Lipinski definition) is 3. The predicted molar refractivity (Wildman–Crippen MR) is 84.8 cm³/mol. The number of halogens is 2. The van der Waals surface area contributed by atoms with Crippen molar-refractivity contribution in [1.29, 1.82) is 0 Å². The average molecular weight is 358 g/mol. The third-order valence-electron chi connectivity index (χ3n) is 4.75. The minimum atomic E-state index is -3.27. The monoisotopic (exact) mass is 358 g/mol. The van der Waals surface area contributed by atoms with Gasteiger partial charge in [0.05, 0.1) is 6.26 Å².